The molecule has 202 valence electrons. The minimum atomic E-state index is -0.432. The number of aryl methyl sites for hydroxylation is 1. The number of hydrogen-bond acceptors (Lipinski definition) is 9. The number of amides is 2. The number of thiophene rings is 1. The number of fused-ring (bicyclic) bond motifs is 2. The van der Waals surface area contributed by atoms with Gasteiger partial charge in [0.2, 0.25) is 5.91 Å². The zero-order chi connectivity index (χ0) is 27.4. The van der Waals surface area contributed by atoms with Gasteiger partial charge in [-0.2, -0.15) is 4.99 Å². The summed E-state index contributed by atoms with van der Waals surface area (Å²) >= 11 is 3.89. The molecular formula is C26H29N3O6S3. The molecule has 1 atom stereocenters. The van der Waals surface area contributed by atoms with E-state index in [-0.39, 0.29) is 29.9 Å². The van der Waals surface area contributed by atoms with E-state index in [0.717, 1.165) is 51.7 Å². The van der Waals surface area contributed by atoms with Gasteiger partial charge >= 0.3 is 11.9 Å². The number of nitrogens with zero attached hydrogens (tertiary/aromatic N) is 2. The van der Waals surface area contributed by atoms with E-state index in [2.05, 4.69) is 17.2 Å². The number of carbonyl (C=O) groups is 4. The molecule has 0 spiro atoms. The lowest BCUT2D eigenvalue weighted by atomic mass is 9.88. The second kappa shape index (κ2) is 12.3. The molecule has 12 heteroatoms. The summed E-state index contributed by atoms with van der Waals surface area (Å²) in [5, 5.41) is 3.39. The third-order valence-electron chi connectivity index (χ3n) is 6.15. The van der Waals surface area contributed by atoms with Crippen LogP contribution in [0.5, 0.6) is 0 Å². The van der Waals surface area contributed by atoms with Gasteiger partial charge in [0.15, 0.2) is 4.80 Å². The van der Waals surface area contributed by atoms with E-state index in [1.807, 2.05) is 0 Å². The van der Waals surface area contributed by atoms with Crippen molar-refractivity contribution in [3.05, 3.63) is 44.6 Å². The van der Waals surface area contributed by atoms with Gasteiger partial charge in [0.1, 0.15) is 5.00 Å². The highest BCUT2D eigenvalue weighted by Gasteiger charge is 2.29. The van der Waals surface area contributed by atoms with Gasteiger partial charge in [-0.1, -0.05) is 18.3 Å². The van der Waals surface area contributed by atoms with E-state index < -0.39 is 11.9 Å². The van der Waals surface area contributed by atoms with Crippen molar-refractivity contribution in [1.29, 1.82) is 0 Å². The van der Waals surface area contributed by atoms with Crippen LogP contribution in [0.25, 0.3) is 10.2 Å². The molecule has 1 aliphatic carbocycles. The maximum absolute atomic E-state index is 12.7. The monoisotopic (exact) mass is 575 g/mol. The van der Waals surface area contributed by atoms with Gasteiger partial charge in [0.05, 0.1) is 46.6 Å². The van der Waals surface area contributed by atoms with Crippen LogP contribution < -0.4 is 10.1 Å². The SMILES string of the molecule is CCOC(=O)c1c(NC(=O)CSCC(=O)N=c2sc3cc(C(=O)OC)ccc3n2C)sc2c1CCC(C)C2. The third-order valence-corrected chi connectivity index (χ3v) is 9.34. The molecule has 1 aromatic carbocycles. The molecule has 9 nitrogen and oxygen atoms in total. The van der Waals surface area contributed by atoms with Gasteiger partial charge in [-0.05, 0) is 55.9 Å². The molecule has 38 heavy (non-hydrogen) atoms. The lowest BCUT2D eigenvalue weighted by Crippen LogP contribution is -2.18. The molecule has 2 aromatic heterocycles. The Morgan fingerprint density at radius 3 is 2.71 bits per heavy atom. The highest BCUT2D eigenvalue weighted by molar-refractivity contribution is 8.00. The Morgan fingerprint density at radius 2 is 1.97 bits per heavy atom. The van der Waals surface area contributed by atoms with E-state index in [1.165, 1.54) is 29.8 Å². The van der Waals surface area contributed by atoms with Crippen molar-refractivity contribution in [2.45, 2.75) is 33.1 Å². The number of thioether (sulfide) groups is 1. The van der Waals surface area contributed by atoms with Gasteiger partial charge in [0.25, 0.3) is 5.91 Å². The minimum Gasteiger partial charge on any atom is -0.465 e. The van der Waals surface area contributed by atoms with Gasteiger partial charge in [-0.15, -0.1) is 23.1 Å². The quantitative estimate of drug-likeness (QED) is 0.401. The highest BCUT2D eigenvalue weighted by Crippen LogP contribution is 2.40. The van der Waals surface area contributed by atoms with Crippen LogP contribution in [0.3, 0.4) is 0 Å². The smallest absolute Gasteiger partial charge is 0.341 e. The minimum absolute atomic E-state index is 0.0261. The van der Waals surface area contributed by atoms with Crippen LogP contribution in [0.1, 0.15) is 51.4 Å². The van der Waals surface area contributed by atoms with E-state index >= 15 is 0 Å². The fourth-order valence-electron chi connectivity index (χ4n) is 4.28. The molecule has 0 aliphatic heterocycles. The molecule has 0 saturated heterocycles. The maximum atomic E-state index is 12.7. The van der Waals surface area contributed by atoms with E-state index in [4.69, 9.17) is 9.47 Å². The summed E-state index contributed by atoms with van der Waals surface area (Å²) < 4.78 is 12.6. The fourth-order valence-corrected chi connectivity index (χ4v) is 7.36. The molecule has 3 aromatic rings. The fraction of sp³-hybridized carbons (Fsp3) is 0.423. The number of rotatable bonds is 8. The topological polar surface area (TPSA) is 116 Å². The number of carbonyl (C=O) groups excluding carboxylic acids is 4. The molecule has 0 bridgehead atoms. The Kier molecular flexibility index (Phi) is 9.06. The van der Waals surface area contributed by atoms with Gasteiger partial charge in [-0.25, -0.2) is 9.59 Å². The number of anilines is 1. The summed E-state index contributed by atoms with van der Waals surface area (Å²) in [6, 6.07) is 5.16. The second-order valence-corrected chi connectivity index (χ2v) is 12.0. The van der Waals surface area contributed by atoms with Crippen LogP contribution in [-0.4, -0.2) is 53.5 Å². The number of aromatic nitrogens is 1. The van der Waals surface area contributed by atoms with Crippen molar-refractivity contribution in [3.63, 3.8) is 0 Å². The molecule has 2 amide bonds. The molecule has 0 saturated carbocycles. The summed E-state index contributed by atoms with van der Waals surface area (Å²) in [5.74, 6) is -0.899. The highest BCUT2D eigenvalue weighted by atomic mass is 32.2. The number of benzene rings is 1. The van der Waals surface area contributed by atoms with Crippen LogP contribution in [0.15, 0.2) is 23.2 Å². The predicted molar refractivity (Wildman–Crippen MR) is 150 cm³/mol. The zero-order valence-electron chi connectivity index (χ0n) is 21.6. The first-order valence-electron chi connectivity index (χ1n) is 12.2. The zero-order valence-corrected chi connectivity index (χ0v) is 24.1. The molecule has 2 heterocycles. The number of hydrogen-bond donors (Lipinski definition) is 1. The molecule has 1 unspecified atom stereocenters. The second-order valence-electron chi connectivity index (χ2n) is 8.94. The molecule has 0 fully saturated rings. The first-order chi connectivity index (χ1) is 18.2. The molecule has 4 rings (SSSR count). The van der Waals surface area contributed by atoms with Crippen molar-refractivity contribution < 1.29 is 28.7 Å². The largest absolute Gasteiger partial charge is 0.465 e. The van der Waals surface area contributed by atoms with Gasteiger partial charge in [-0.3, -0.25) is 9.59 Å². The van der Waals surface area contributed by atoms with E-state index in [9.17, 15) is 19.2 Å². The number of ether oxygens (including phenoxy) is 2. The lowest BCUT2D eigenvalue weighted by molar-refractivity contribution is -0.115. The average molecular weight is 576 g/mol. The Labute approximate surface area is 232 Å². The standard InChI is InChI=1S/C26H29N3O6S3/c1-5-35-25(33)22-16-8-6-14(2)10-18(16)37-23(22)27-20(30)12-36-13-21(31)28-26-29(3)17-9-7-15(24(32)34-4)11-19(17)38-26/h7,9,11,14H,5-6,8,10,12-13H2,1-4H3,(H,27,30). The Balaban J connectivity index is 1.40. The Hall–Kier alpha value is -2.96. The van der Waals surface area contributed by atoms with Gasteiger partial charge < -0.3 is 19.4 Å². The number of nitrogens with one attached hydrogen (secondary N) is 1. The van der Waals surface area contributed by atoms with E-state index in [1.54, 1.807) is 36.7 Å². The van der Waals surface area contributed by atoms with Crippen molar-refractivity contribution in [2.75, 3.05) is 30.5 Å². The van der Waals surface area contributed by atoms with Crippen LogP contribution >= 0.6 is 34.4 Å². The van der Waals surface area contributed by atoms with Crippen molar-refractivity contribution in [1.82, 2.24) is 4.57 Å². The van der Waals surface area contributed by atoms with Crippen molar-refractivity contribution >= 4 is 73.4 Å². The molecule has 1 aliphatic rings. The first-order valence-corrected chi connectivity index (χ1v) is 14.9. The Morgan fingerprint density at radius 1 is 1.18 bits per heavy atom. The molecule has 1 N–H and O–H groups in total. The van der Waals surface area contributed by atoms with Crippen molar-refractivity contribution in [3.8, 4) is 0 Å². The maximum Gasteiger partial charge on any atom is 0.341 e. The lowest BCUT2D eigenvalue weighted by Gasteiger charge is -2.18. The van der Waals surface area contributed by atoms with Crippen LogP contribution in [0, 0.1) is 5.92 Å². The third kappa shape index (κ3) is 6.19. The number of methoxy groups -OCH3 is 1. The van der Waals surface area contributed by atoms with Crippen LogP contribution in [0.2, 0.25) is 0 Å². The summed E-state index contributed by atoms with van der Waals surface area (Å²) in [6.45, 7) is 4.20. The van der Waals surface area contributed by atoms with Crippen LogP contribution in [0.4, 0.5) is 5.00 Å². The molecular weight excluding hydrogens is 547 g/mol. The first kappa shape index (κ1) is 28.1. The summed E-state index contributed by atoms with van der Waals surface area (Å²) in [5.41, 5.74) is 2.72. The van der Waals surface area contributed by atoms with Crippen LogP contribution in [-0.2, 0) is 39.0 Å². The Bertz CT molecular complexity index is 1470. The molecule has 0 radical (unpaired) electrons. The average Bonchev–Trinajstić information content (AvgIpc) is 3.39. The normalized spacial score (nSPS) is 15.3. The number of esters is 2. The summed E-state index contributed by atoms with van der Waals surface area (Å²) in [4.78, 5) is 55.5. The predicted octanol–water partition coefficient (Wildman–Crippen LogP) is 4.19. The van der Waals surface area contributed by atoms with E-state index in [0.29, 0.717) is 26.8 Å². The summed E-state index contributed by atoms with van der Waals surface area (Å²) in [6.07, 6.45) is 2.67. The van der Waals surface area contributed by atoms with Gasteiger partial charge in [0, 0.05) is 11.9 Å². The number of thiazole rings is 1. The van der Waals surface area contributed by atoms with Crippen molar-refractivity contribution in [2.24, 2.45) is 18.0 Å². The summed E-state index contributed by atoms with van der Waals surface area (Å²) in [7, 11) is 3.12.